The number of nitrogens with zero attached hydrogens (tertiary/aromatic N) is 3. The minimum Gasteiger partial charge on any atom is -0.348 e. The van der Waals surface area contributed by atoms with Gasteiger partial charge >= 0.3 is 0 Å². The number of aromatic nitrogens is 4. The smallest absolute Gasteiger partial charge is 0.280 e. The van der Waals surface area contributed by atoms with E-state index in [1.165, 1.54) is 4.68 Å². The fourth-order valence-corrected chi connectivity index (χ4v) is 3.11. The molecule has 1 aromatic carbocycles. The van der Waals surface area contributed by atoms with Crippen LogP contribution in [0.1, 0.15) is 15.9 Å². The zero-order valence-corrected chi connectivity index (χ0v) is 15.9. The van der Waals surface area contributed by atoms with Crippen LogP contribution in [-0.4, -0.2) is 25.7 Å². The fraction of sp³-hybridized carbons (Fsp3) is 0.0476. The molecule has 0 bridgehead atoms. The number of H-pyrrole nitrogens is 1. The van der Waals surface area contributed by atoms with Gasteiger partial charge in [0.05, 0.1) is 16.1 Å². The molecular formula is C21H16ClN5O2. The summed E-state index contributed by atoms with van der Waals surface area (Å²) >= 11 is 6.06. The van der Waals surface area contributed by atoms with Crippen LogP contribution in [0, 0.1) is 0 Å². The molecule has 4 aromatic rings. The summed E-state index contributed by atoms with van der Waals surface area (Å²) in [5, 5.41) is 6.14. The van der Waals surface area contributed by atoms with Crippen molar-refractivity contribution in [2.24, 2.45) is 0 Å². The molecular weight excluding hydrogens is 390 g/mol. The lowest BCUT2D eigenvalue weighted by Gasteiger charge is -2.08. The first-order chi connectivity index (χ1) is 14.1. The third-order valence-electron chi connectivity index (χ3n) is 4.35. The summed E-state index contributed by atoms with van der Waals surface area (Å²) in [6.07, 6.45) is 6.48. The molecule has 0 atom stereocenters. The van der Waals surface area contributed by atoms with E-state index in [9.17, 15) is 9.59 Å². The fourth-order valence-electron chi connectivity index (χ4n) is 2.88. The number of carbonyl (C=O) groups is 1. The van der Waals surface area contributed by atoms with Crippen LogP contribution in [0.3, 0.4) is 0 Å². The highest BCUT2D eigenvalue weighted by Gasteiger charge is 2.12. The molecule has 8 heteroatoms. The lowest BCUT2D eigenvalue weighted by atomic mass is 10.2. The second-order valence-electron chi connectivity index (χ2n) is 6.25. The monoisotopic (exact) mass is 405 g/mol. The van der Waals surface area contributed by atoms with Gasteiger partial charge < -0.3 is 5.32 Å². The topological polar surface area (TPSA) is 92.7 Å². The summed E-state index contributed by atoms with van der Waals surface area (Å²) in [5.74, 6) is 0.152. The van der Waals surface area contributed by atoms with Crippen LogP contribution in [0.15, 0.2) is 78.1 Å². The van der Waals surface area contributed by atoms with Gasteiger partial charge in [-0.05, 0) is 35.9 Å². The maximum absolute atomic E-state index is 12.7. The number of rotatable bonds is 5. The lowest BCUT2D eigenvalue weighted by molar-refractivity contribution is 0.0951. The van der Waals surface area contributed by atoms with Gasteiger partial charge in [0.1, 0.15) is 0 Å². The molecule has 3 heterocycles. The Hall–Kier alpha value is -3.71. The van der Waals surface area contributed by atoms with Gasteiger partial charge in [-0.25, -0.2) is 9.67 Å². The average Bonchev–Trinajstić information content (AvgIpc) is 3.14. The van der Waals surface area contributed by atoms with Crippen LogP contribution in [0.25, 0.3) is 16.9 Å². The highest BCUT2D eigenvalue weighted by molar-refractivity contribution is 6.33. The molecule has 29 heavy (non-hydrogen) atoms. The van der Waals surface area contributed by atoms with Crippen molar-refractivity contribution >= 4 is 17.5 Å². The quantitative estimate of drug-likeness (QED) is 0.533. The highest BCUT2D eigenvalue weighted by atomic mass is 35.5. The number of hydrogen-bond donors (Lipinski definition) is 2. The van der Waals surface area contributed by atoms with Gasteiger partial charge in [0.15, 0.2) is 5.82 Å². The van der Waals surface area contributed by atoms with Gasteiger partial charge in [-0.2, -0.15) is 0 Å². The standard InChI is InChI=1S/C21H16ClN5O2/c22-18-6-2-1-5-16(18)20(28)25-11-14-7-9-24-19(10-14)27-21(29)17(13-26-27)15-4-3-8-23-12-15/h1-10,12-13,26H,11H2,(H,25,28). The number of aromatic amines is 1. The van der Waals surface area contributed by atoms with Crippen LogP contribution in [0.5, 0.6) is 0 Å². The third-order valence-corrected chi connectivity index (χ3v) is 4.68. The van der Waals surface area contributed by atoms with Gasteiger partial charge in [-0.1, -0.05) is 29.8 Å². The minimum absolute atomic E-state index is 0.234. The van der Waals surface area contributed by atoms with Gasteiger partial charge in [0, 0.05) is 36.9 Å². The van der Waals surface area contributed by atoms with Crippen molar-refractivity contribution in [3.8, 4) is 16.9 Å². The molecule has 2 N–H and O–H groups in total. The van der Waals surface area contributed by atoms with E-state index in [2.05, 4.69) is 20.4 Å². The van der Waals surface area contributed by atoms with Crippen LogP contribution < -0.4 is 10.9 Å². The lowest BCUT2D eigenvalue weighted by Crippen LogP contribution is -2.23. The molecule has 0 aliphatic heterocycles. The molecule has 0 unspecified atom stereocenters. The van der Waals surface area contributed by atoms with E-state index in [1.54, 1.807) is 67.3 Å². The van der Waals surface area contributed by atoms with Crippen molar-refractivity contribution in [2.45, 2.75) is 6.54 Å². The summed E-state index contributed by atoms with van der Waals surface area (Å²) < 4.78 is 1.35. The van der Waals surface area contributed by atoms with Crippen molar-refractivity contribution < 1.29 is 4.79 Å². The summed E-state index contributed by atoms with van der Waals surface area (Å²) in [6.45, 7) is 0.268. The second-order valence-corrected chi connectivity index (χ2v) is 6.66. The number of hydrogen-bond acceptors (Lipinski definition) is 4. The largest absolute Gasteiger partial charge is 0.348 e. The van der Waals surface area contributed by atoms with Crippen LogP contribution in [0.4, 0.5) is 0 Å². The normalized spacial score (nSPS) is 10.7. The van der Waals surface area contributed by atoms with Crippen molar-refractivity contribution in [3.05, 3.63) is 99.8 Å². The van der Waals surface area contributed by atoms with Gasteiger partial charge in [-0.3, -0.25) is 19.7 Å². The van der Waals surface area contributed by atoms with E-state index in [0.29, 0.717) is 22.0 Å². The SMILES string of the molecule is O=C(NCc1ccnc(-n2[nH]cc(-c3cccnc3)c2=O)c1)c1ccccc1Cl. The molecule has 0 fully saturated rings. The summed E-state index contributed by atoms with van der Waals surface area (Å²) in [7, 11) is 0. The van der Waals surface area contributed by atoms with Crippen LogP contribution in [0.2, 0.25) is 5.02 Å². The van der Waals surface area contributed by atoms with E-state index in [4.69, 9.17) is 11.6 Å². The second kappa shape index (κ2) is 8.12. The maximum atomic E-state index is 12.7. The maximum Gasteiger partial charge on any atom is 0.280 e. The first kappa shape index (κ1) is 18.6. The summed E-state index contributed by atoms with van der Waals surface area (Å²) in [4.78, 5) is 33.4. The summed E-state index contributed by atoms with van der Waals surface area (Å²) in [6, 6.07) is 13.9. The first-order valence-electron chi connectivity index (χ1n) is 8.82. The Morgan fingerprint density at radius 1 is 1.14 bits per heavy atom. The number of benzene rings is 1. The molecule has 3 aromatic heterocycles. The Morgan fingerprint density at radius 2 is 2.00 bits per heavy atom. The molecule has 0 aliphatic rings. The third kappa shape index (κ3) is 3.95. The molecule has 7 nitrogen and oxygen atoms in total. The van der Waals surface area contributed by atoms with Crippen molar-refractivity contribution in [1.82, 2.24) is 25.1 Å². The van der Waals surface area contributed by atoms with E-state index in [-0.39, 0.29) is 18.0 Å². The number of halogens is 1. The molecule has 4 rings (SSSR count). The van der Waals surface area contributed by atoms with E-state index in [1.807, 2.05) is 6.07 Å². The number of nitrogens with one attached hydrogen (secondary N) is 2. The van der Waals surface area contributed by atoms with Crippen LogP contribution in [-0.2, 0) is 6.54 Å². The Morgan fingerprint density at radius 3 is 2.79 bits per heavy atom. The Kier molecular flexibility index (Phi) is 5.22. The van der Waals surface area contributed by atoms with Crippen molar-refractivity contribution in [1.29, 1.82) is 0 Å². The van der Waals surface area contributed by atoms with Crippen molar-refractivity contribution in [3.63, 3.8) is 0 Å². The summed E-state index contributed by atoms with van der Waals surface area (Å²) in [5.41, 5.74) is 2.18. The van der Waals surface area contributed by atoms with Crippen molar-refractivity contribution in [2.75, 3.05) is 0 Å². The van der Waals surface area contributed by atoms with E-state index >= 15 is 0 Å². The zero-order valence-electron chi connectivity index (χ0n) is 15.2. The number of amides is 1. The van der Waals surface area contributed by atoms with Crippen LogP contribution >= 0.6 is 11.6 Å². The Balaban J connectivity index is 1.54. The highest BCUT2D eigenvalue weighted by Crippen LogP contribution is 2.16. The number of carbonyl (C=O) groups excluding carboxylic acids is 1. The Bertz CT molecular complexity index is 1220. The number of pyridine rings is 2. The molecule has 0 spiro atoms. The molecule has 0 radical (unpaired) electrons. The minimum atomic E-state index is -0.273. The Labute approximate surface area is 171 Å². The van der Waals surface area contributed by atoms with Gasteiger partial charge in [0.2, 0.25) is 0 Å². The predicted molar refractivity (Wildman–Crippen MR) is 110 cm³/mol. The van der Waals surface area contributed by atoms with E-state index in [0.717, 1.165) is 11.1 Å². The van der Waals surface area contributed by atoms with Gasteiger partial charge in [0.25, 0.3) is 11.5 Å². The molecule has 1 amide bonds. The molecule has 144 valence electrons. The average molecular weight is 406 g/mol. The van der Waals surface area contributed by atoms with E-state index < -0.39 is 0 Å². The van der Waals surface area contributed by atoms with Gasteiger partial charge in [-0.15, -0.1) is 0 Å². The first-order valence-corrected chi connectivity index (χ1v) is 9.20. The molecule has 0 aliphatic carbocycles. The molecule has 0 saturated carbocycles. The predicted octanol–water partition coefficient (Wildman–Crippen LogP) is 3.21. The molecule has 0 saturated heterocycles. The zero-order chi connectivity index (χ0) is 20.2.